The third-order valence-corrected chi connectivity index (χ3v) is 4.69. The van der Waals surface area contributed by atoms with Crippen molar-refractivity contribution in [3.05, 3.63) is 96.1 Å². The maximum Gasteiger partial charge on any atom is 0.113 e. The summed E-state index contributed by atoms with van der Waals surface area (Å²) < 4.78 is 2.34. The molecule has 3 nitrogen and oxygen atoms in total. The van der Waals surface area contributed by atoms with Crippen LogP contribution in [-0.4, -0.2) is 14.5 Å². The molecule has 0 aliphatic carbocycles. The monoisotopic (exact) mass is 351 g/mol. The van der Waals surface area contributed by atoms with E-state index >= 15 is 0 Å². The van der Waals surface area contributed by atoms with Gasteiger partial charge in [0.1, 0.15) is 11.5 Å². The number of aromatic nitrogens is 3. The number of nitrogens with zero attached hydrogens (tertiary/aromatic N) is 3. The zero-order valence-corrected chi connectivity index (χ0v) is 15.3. The summed E-state index contributed by atoms with van der Waals surface area (Å²) in [5.74, 6) is 7.44. The van der Waals surface area contributed by atoms with Gasteiger partial charge in [0, 0.05) is 19.0 Å². The van der Waals surface area contributed by atoms with Gasteiger partial charge in [0.2, 0.25) is 0 Å². The summed E-state index contributed by atoms with van der Waals surface area (Å²) in [6.45, 7) is 2.23. The number of fused-ring (bicyclic) bond motifs is 1. The zero-order valence-electron chi connectivity index (χ0n) is 15.3. The molecule has 4 aromatic rings. The smallest absolute Gasteiger partial charge is 0.113 e. The molecule has 1 atom stereocenters. The molecule has 2 heterocycles. The van der Waals surface area contributed by atoms with Crippen molar-refractivity contribution >= 4 is 11.0 Å². The highest BCUT2D eigenvalue weighted by Crippen LogP contribution is 2.26. The molecule has 0 spiro atoms. The Morgan fingerprint density at radius 1 is 0.926 bits per heavy atom. The number of benzene rings is 2. The second-order valence-corrected chi connectivity index (χ2v) is 6.49. The highest BCUT2D eigenvalue weighted by Gasteiger charge is 2.16. The first-order valence-electron chi connectivity index (χ1n) is 9.23. The first kappa shape index (κ1) is 17.1. The molecule has 0 saturated heterocycles. The molecule has 2 aromatic carbocycles. The quantitative estimate of drug-likeness (QED) is 0.483. The largest absolute Gasteiger partial charge is 0.321 e. The van der Waals surface area contributed by atoms with Gasteiger partial charge in [-0.15, -0.1) is 0 Å². The fourth-order valence-corrected chi connectivity index (χ4v) is 3.35. The second kappa shape index (κ2) is 7.88. The molecule has 0 N–H and O–H groups in total. The minimum absolute atomic E-state index is 0.220. The van der Waals surface area contributed by atoms with Gasteiger partial charge in [0.05, 0.1) is 17.1 Å². The van der Waals surface area contributed by atoms with E-state index in [-0.39, 0.29) is 6.04 Å². The number of para-hydroxylation sites is 2. The van der Waals surface area contributed by atoms with Crippen LogP contribution in [0.1, 0.15) is 36.5 Å². The molecule has 3 heteroatoms. The van der Waals surface area contributed by atoms with Gasteiger partial charge >= 0.3 is 0 Å². The third-order valence-electron chi connectivity index (χ3n) is 4.69. The van der Waals surface area contributed by atoms with Crippen molar-refractivity contribution in [1.29, 1.82) is 0 Å². The third kappa shape index (κ3) is 3.75. The Morgan fingerprint density at radius 2 is 1.70 bits per heavy atom. The Labute approximate surface area is 159 Å². The van der Waals surface area contributed by atoms with E-state index in [0.29, 0.717) is 0 Å². The molecular weight excluding hydrogens is 330 g/mol. The van der Waals surface area contributed by atoms with Crippen LogP contribution in [0.15, 0.2) is 79.0 Å². The van der Waals surface area contributed by atoms with Crippen LogP contribution in [0.25, 0.3) is 11.0 Å². The topological polar surface area (TPSA) is 30.7 Å². The molecule has 0 amide bonds. The van der Waals surface area contributed by atoms with Crippen LogP contribution in [0.4, 0.5) is 0 Å². The van der Waals surface area contributed by atoms with E-state index in [1.54, 1.807) is 6.20 Å². The molecule has 0 radical (unpaired) electrons. The first-order valence-corrected chi connectivity index (χ1v) is 9.23. The number of imidazole rings is 1. The summed E-state index contributed by atoms with van der Waals surface area (Å²) in [5.41, 5.74) is 4.29. The summed E-state index contributed by atoms with van der Waals surface area (Å²) in [6, 6.07) is 24.9. The van der Waals surface area contributed by atoms with Gasteiger partial charge in [-0.1, -0.05) is 54.5 Å². The Bertz CT molecular complexity index is 1090. The van der Waals surface area contributed by atoms with Crippen molar-refractivity contribution in [3.63, 3.8) is 0 Å². The van der Waals surface area contributed by atoms with E-state index in [4.69, 9.17) is 4.98 Å². The average Bonchev–Trinajstić information content (AvgIpc) is 3.10. The predicted octanol–water partition coefficient (Wildman–Crippen LogP) is 5.02. The van der Waals surface area contributed by atoms with Gasteiger partial charge in [0.15, 0.2) is 0 Å². The number of aryl methyl sites for hydroxylation is 1. The van der Waals surface area contributed by atoms with Crippen molar-refractivity contribution in [3.8, 4) is 11.8 Å². The van der Waals surface area contributed by atoms with Crippen LogP contribution in [0.5, 0.6) is 0 Å². The zero-order chi connectivity index (χ0) is 18.5. The second-order valence-electron chi connectivity index (χ2n) is 6.49. The van der Waals surface area contributed by atoms with Gasteiger partial charge in [-0.2, -0.15) is 0 Å². The van der Waals surface area contributed by atoms with Crippen LogP contribution < -0.4 is 0 Å². The van der Waals surface area contributed by atoms with Crippen LogP contribution in [0.2, 0.25) is 0 Å². The molecule has 0 aliphatic rings. The van der Waals surface area contributed by atoms with Gasteiger partial charge in [0.25, 0.3) is 0 Å². The Kier molecular flexibility index (Phi) is 4.98. The van der Waals surface area contributed by atoms with Crippen molar-refractivity contribution in [2.24, 2.45) is 0 Å². The number of hydrogen-bond acceptors (Lipinski definition) is 2. The Balaban J connectivity index is 1.63. The van der Waals surface area contributed by atoms with Crippen LogP contribution >= 0.6 is 0 Å². The number of pyridine rings is 1. The minimum atomic E-state index is 0.220. The standard InChI is InChI=1S/C24H21N3/c1-19(20-11-3-2-4-12-20)27-23-16-7-6-15-22(23)26-24(27)17-8-5-13-21-14-9-10-18-25-21/h2-4,6-7,9-12,14-16,18-19H,8,17H2,1H3. The number of hydrogen-bond donors (Lipinski definition) is 0. The summed E-state index contributed by atoms with van der Waals surface area (Å²) in [7, 11) is 0. The van der Waals surface area contributed by atoms with E-state index in [0.717, 1.165) is 29.9 Å². The van der Waals surface area contributed by atoms with E-state index in [9.17, 15) is 0 Å². The van der Waals surface area contributed by atoms with Crippen LogP contribution in [-0.2, 0) is 6.42 Å². The van der Waals surface area contributed by atoms with Gasteiger partial charge in [-0.05, 0) is 42.7 Å². The van der Waals surface area contributed by atoms with Gasteiger partial charge < -0.3 is 4.57 Å². The average molecular weight is 351 g/mol. The predicted molar refractivity (Wildman–Crippen MR) is 109 cm³/mol. The lowest BCUT2D eigenvalue weighted by Crippen LogP contribution is -2.10. The van der Waals surface area contributed by atoms with Crippen molar-refractivity contribution in [1.82, 2.24) is 14.5 Å². The molecular formula is C24H21N3. The molecule has 2 aromatic heterocycles. The lowest BCUT2D eigenvalue weighted by atomic mass is 10.1. The molecule has 0 bridgehead atoms. The molecule has 0 aliphatic heterocycles. The molecule has 1 unspecified atom stereocenters. The summed E-state index contributed by atoms with van der Waals surface area (Å²) >= 11 is 0. The molecule has 27 heavy (non-hydrogen) atoms. The van der Waals surface area contributed by atoms with E-state index in [2.05, 4.69) is 76.8 Å². The SMILES string of the molecule is CC(c1ccccc1)n1c(CCC#Cc2ccccn2)nc2ccccc21. The summed E-state index contributed by atoms with van der Waals surface area (Å²) in [6.07, 6.45) is 3.33. The molecule has 4 rings (SSSR count). The van der Waals surface area contributed by atoms with Crippen molar-refractivity contribution < 1.29 is 0 Å². The molecule has 0 saturated carbocycles. The Hall–Kier alpha value is -3.38. The summed E-state index contributed by atoms with van der Waals surface area (Å²) in [5, 5.41) is 0. The maximum atomic E-state index is 4.88. The fraction of sp³-hybridized carbons (Fsp3) is 0.167. The lowest BCUT2D eigenvalue weighted by Gasteiger charge is -2.18. The highest BCUT2D eigenvalue weighted by atomic mass is 15.1. The highest BCUT2D eigenvalue weighted by molar-refractivity contribution is 5.76. The molecule has 132 valence electrons. The van der Waals surface area contributed by atoms with Crippen molar-refractivity contribution in [2.75, 3.05) is 0 Å². The Morgan fingerprint density at radius 3 is 2.52 bits per heavy atom. The maximum absolute atomic E-state index is 4.88. The van der Waals surface area contributed by atoms with E-state index in [1.807, 2.05) is 24.3 Å². The normalized spacial score (nSPS) is 11.7. The molecule has 0 fully saturated rings. The number of rotatable bonds is 4. The van der Waals surface area contributed by atoms with E-state index < -0.39 is 0 Å². The minimum Gasteiger partial charge on any atom is -0.321 e. The van der Waals surface area contributed by atoms with Gasteiger partial charge in [-0.25, -0.2) is 9.97 Å². The van der Waals surface area contributed by atoms with Crippen LogP contribution in [0.3, 0.4) is 0 Å². The first-order chi connectivity index (χ1) is 13.3. The van der Waals surface area contributed by atoms with Crippen LogP contribution in [0, 0.1) is 11.8 Å². The van der Waals surface area contributed by atoms with Crippen molar-refractivity contribution in [2.45, 2.75) is 25.8 Å². The van der Waals surface area contributed by atoms with Gasteiger partial charge in [-0.3, -0.25) is 0 Å². The van der Waals surface area contributed by atoms with E-state index in [1.165, 1.54) is 11.1 Å². The lowest BCUT2D eigenvalue weighted by molar-refractivity contribution is 0.618. The fourth-order valence-electron chi connectivity index (χ4n) is 3.35. The summed E-state index contributed by atoms with van der Waals surface area (Å²) in [4.78, 5) is 9.13.